The van der Waals surface area contributed by atoms with Gasteiger partial charge in [-0.1, -0.05) is 30.3 Å². The highest BCUT2D eigenvalue weighted by molar-refractivity contribution is 6.28. The van der Waals surface area contributed by atoms with Gasteiger partial charge in [0.05, 0.1) is 6.33 Å². The van der Waals surface area contributed by atoms with Crippen molar-refractivity contribution in [3.8, 4) is 0 Å². The molecule has 0 unspecified atom stereocenters. The number of H-pyrrole nitrogens is 1. The molecule has 0 saturated carbocycles. The number of fused-ring (bicyclic) bond motifs is 1. The minimum Gasteiger partial charge on any atom is -0.366 e. The van der Waals surface area contributed by atoms with Crippen LogP contribution in [0.2, 0.25) is 5.28 Å². The van der Waals surface area contributed by atoms with Crippen molar-refractivity contribution < 1.29 is 0 Å². The first-order valence-corrected chi connectivity index (χ1v) is 7.27. The molecule has 1 aromatic carbocycles. The van der Waals surface area contributed by atoms with Gasteiger partial charge in [0.15, 0.2) is 11.5 Å². The van der Waals surface area contributed by atoms with E-state index in [-0.39, 0.29) is 11.3 Å². The summed E-state index contributed by atoms with van der Waals surface area (Å²) in [4.78, 5) is 15.5. The lowest BCUT2D eigenvalue weighted by Crippen LogP contribution is -2.17. The van der Waals surface area contributed by atoms with Crippen LogP contribution in [-0.4, -0.2) is 26.0 Å². The Balaban J connectivity index is 1.68. The first kappa shape index (κ1) is 13.8. The average molecular weight is 302 g/mol. The summed E-state index contributed by atoms with van der Waals surface area (Å²) in [7, 11) is 0. The van der Waals surface area contributed by atoms with Crippen LogP contribution in [0.3, 0.4) is 0 Å². The Morgan fingerprint density at radius 1 is 1.24 bits per heavy atom. The van der Waals surface area contributed by atoms with Gasteiger partial charge in [-0.25, -0.2) is 4.98 Å². The molecule has 2 aromatic heterocycles. The van der Waals surface area contributed by atoms with E-state index in [4.69, 9.17) is 11.6 Å². The number of nitrogens with zero attached hydrogens (tertiary/aromatic N) is 3. The lowest BCUT2D eigenvalue weighted by molar-refractivity contribution is 0.703. The largest absolute Gasteiger partial charge is 0.366 e. The second-order valence-corrected chi connectivity index (χ2v) is 5.35. The van der Waals surface area contributed by atoms with Crippen molar-refractivity contribution in [2.45, 2.75) is 25.8 Å². The summed E-state index contributed by atoms with van der Waals surface area (Å²) in [5, 5.41) is 3.58. The van der Waals surface area contributed by atoms with Gasteiger partial charge < -0.3 is 10.3 Å². The maximum absolute atomic E-state index is 5.92. The van der Waals surface area contributed by atoms with Crippen LogP contribution in [0, 0.1) is 0 Å². The number of aryl methyl sites for hydroxylation is 1. The zero-order chi connectivity index (χ0) is 14.7. The summed E-state index contributed by atoms with van der Waals surface area (Å²) < 4.78 is 0. The predicted molar refractivity (Wildman–Crippen MR) is 84.5 cm³/mol. The average Bonchev–Trinajstić information content (AvgIpc) is 2.94. The fourth-order valence-corrected chi connectivity index (χ4v) is 2.41. The Hall–Kier alpha value is -2.14. The van der Waals surface area contributed by atoms with E-state index >= 15 is 0 Å². The Morgan fingerprint density at radius 2 is 2.05 bits per heavy atom. The van der Waals surface area contributed by atoms with Crippen molar-refractivity contribution in [1.82, 2.24) is 19.9 Å². The van der Waals surface area contributed by atoms with Crippen LogP contribution < -0.4 is 5.32 Å². The van der Waals surface area contributed by atoms with Crippen LogP contribution in [-0.2, 0) is 6.42 Å². The number of imidazole rings is 1. The zero-order valence-corrected chi connectivity index (χ0v) is 12.4. The van der Waals surface area contributed by atoms with Crippen molar-refractivity contribution in [2.75, 3.05) is 5.32 Å². The van der Waals surface area contributed by atoms with Crippen molar-refractivity contribution in [2.24, 2.45) is 0 Å². The maximum atomic E-state index is 5.92. The summed E-state index contributed by atoms with van der Waals surface area (Å²) >= 11 is 5.92. The number of aromatic nitrogens is 4. The minimum atomic E-state index is 0.201. The van der Waals surface area contributed by atoms with Crippen molar-refractivity contribution in [3.63, 3.8) is 0 Å². The second-order valence-electron chi connectivity index (χ2n) is 5.01. The molecule has 0 aliphatic carbocycles. The third-order valence-electron chi connectivity index (χ3n) is 3.35. The van der Waals surface area contributed by atoms with E-state index in [9.17, 15) is 0 Å². The van der Waals surface area contributed by atoms with Crippen LogP contribution in [0.15, 0.2) is 36.7 Å². The smallest absolute Gasteiger partial charge is 0.226 e. The Bertz CT molecular complexity index is 725. The normalized spacial score (nSPS) is 12.5. The van der Waals surface area contributed by atoms with Gasteiger partial charge in [0, 0.05) is 6.04 Å². The van der Waals surface area contributed by atoms with Crippen LogP contribution in [0.1, 0.15) is 18.9 Å². The molecule has 2 N–H and O–H groups in total. The maximum Gasteiger partial charge on any atom is 0.226 e. The molecule has 5 nitrogen and oxygen atoms in total. The van der Waals surface area contributed by atoms with Gasteiger partial charge in [-0.15, -0.1) is 0 Å². The minimum absolute atomic E-state index is 0.201. The third-order valence-corrected chi connectivity index (χ3v) is 3.52. The van der Waals surface area contributed by atoms with E-state index < -0.39 is 0 Å². The van der Waals surface area contributed by atoms with E-state index in [1.165, 1.54) is 5.56 Å². The van der Waals surface area contributed by atoms with Gasteiger partial charge in [0.1, 0.15) is 5.52 Å². The van der Waals surface area contributed by atoms with Crippen LogP contribution in [0.4, 0.5) is 5.82 Å². The Kier molecular flexibility index (Phi) is 4.01. The topological polar surface area (TPSA) is 66.5 Å². The molecule has 0 saturated heterocycles. The van der Waals surface area contributed by atoms with Crippen molar-refractivity contribution in [1.29, 1.82) is 0 Å². The van der Waals surface area contributed by atoms with Crippen molar-refractivity contribution in [3.05, 3.63) is 47.5 Å². The molecular weight excluding hydrogens is 286 g/mol. The molecule has 0 aliphatic heterocycles. The molecule has 2 heterocycles. The molecule has 0 aliphatic rings. The van der Waals surface area contributed by atoms with Crippen molar-refractivity contribution >= 4 is 28.6 Å². The van der Waals surface area contributed by atoms with Crippen LogP contribution >= 0.6 is 11.6 Å². The lowest BCUT2D eigenvalue weighted by atomic mass is 10.1. The Labute approximate surface area is 127 Å². The molecule has 21 heavy (non-hydrogen) atoms. The number of aromatic amines is 1. The fraction of sp³-hybridized carbons (Fsp3) is 0.267. The number of rotatable bonds is 5. The first-order chi connectivity index (χ1) is 10.2. The molecule has 108 valence electrons. The van der Waals surface area contributed by atoms with Gasteiger partial charge in [-0.05, 0) is 36.9 Å². The molecule has 6 heteroatoms. The molecule has 0 amide bonds. The quantitative estimate of drug-likeness (QED) is 0.708. The van der Waals surface area contributed by atoms with Gasteiger partial charge in [-0.3, -0.25) is 0 Å². The number of anilines is 1. The molecule has 0 radical (unpaired) electrons. The predicted octanol–water partition coefficient (Wildman–Crippen LogP) is 3.44. The van der Waals surface area contributed by atoms with Crippen LogP contribution in [0.5, 0.6) is 0 Å². The number of hydrogen-bond acceptors (Lipinski definition) is 4. The van der Waals surface area contributed by atoms with Gasteiger partial charge in [0.25, 0.3) is 0 Å². The summed E-state index contributed by atoms with van der Waals surface area (Å²) in [5.74, 6) is 0.697. The van der Waals surface area contributed by atoms with Gasteiger partial charge in [0.2, 0.25) is 5.28 Å². The van der Waals surface area contributed by atoms with E-state index in [0.717, 1.165) is 18.4 Å². The summed E-state index contributed by atoms with van der Waals surface area (Å²) in [6.45, 7) is 2.13. The Morgan fingerprint density at radius 3 is 2.86 bits per heavy atom. The number of halogens is 1. The highest BCUT2D eigenvalue weighted by Gasteiger charge is 2.11. The number of nitrogens with one attached hydrogen (secondary N) is 2. The summed E-state index contributed by atoms with van der Waals surface area (Å²) in [5.41, 5.74) is 2.69. The highest BCUT2D eigenvalue weighted by atomic mass is 35.5. The molecule has 3 aromatic rings. The first-order valence-electron chi connectivity index (χ1n) is 6.89. The van der Waals surface area contributed by atoms with Gasteiger partial charge in [-0.2, -0.15) is 9.97 Å². The monoisotopic (exact) mass is 301 g/mol. The molecular formula is C15H16ClN5. The third kappa shape index (κ3) is 3.31. The lowest BCUT2D eigenvalue weighted by Gasteiger charge is -2.15. The summed E-state index contributed by atoms with van der Waals surface area (Å²) in [6.07, 6.45) is 3.61. The standard InChI is InChI=1S/C15H16ClN5/c1-10(7-8-11-5-3-2-4-6-11)19-14-12-13(18-9-17-12)20-15(16)21-14/h2-6,9-10H,7-8H2,1H3,(H2,17,18,19,20,21)/t10-/m0/s1. The molecule has 1 atom stereocenters. The van der Waals surface area contributed by atoms with Crippen LogP contribution in [0.25, 0.3) is 11.2 Å². The molecule has 0 bridgehead atoms. The summed E-state index contributed by atoms with van der Waals surface area (Å²) in [6, 6.07) is 10.7. The number of benzene rings is 1. The molecule has 0 fully saturated rings. The van der Waals surface area contributed by atoms with Gasteiger partial charge >= 0.3 is 0 Å². The zero-order valence-electron chi connectivity index (χ0n) is 11.7. The van der Waals surface area contributed by atoms with E-state index in [0.29, 0.717) is 11.5 Å². The second kappa shape index (κ2) is 6.10. The van der Waals surface area contributed by atoms with E-state index in [1.54, 1.807) is 6.33 Å². The highest BCUT2D eigenvalue weighted by Crippen LogP contribution is 2.20. The van der Waals surface area contributed by atoms with E-state index in [2.05, 4.69) is 56.4 Å². The van der Waals surface area contributed by atoms with E-state index in [1.807, 2.05) is 6.07 Å². The number of hydrogen-bond donors (Lipinski definition) is 2. The fourth-order valence-electron chi connectivity index (χ4n) is 2.24. The molecule has 0 spiro atoms. The SMILES string of the molecule is C[C@@H](CCc1ccccc1)Nc1nc(Cl)nc2nc[nH]c12. The molecule has 3 rings (SSSR count).